The van der Waals surface area contributed by atoms with E-state index in [0.29, 0.717) is 6.54 Å². The number of hydrogen-bond donors (Lipinski definition) is 2. The van der Waals surface area contributed by atoms with E-state index >= 15 is 0 Å². The van der Waals surface area contributed by atoms with Crippen LogP contribution in [0.15, 0.2) is 42.5 Å². The Balaban J connectivity index is 2.45. The number of anilines is 1. The average Bonchev–Trinajstić information content (AvgIpc) is 2.29. The molecular formula is C14H18N2. The second-order valence-corrected chi connectivity index (χ2v) is 4.74. The number of benzene rings is 2. The lowest BCUT2D eigenvalue weighted by Crippen LogP contribution is -2.39. The van der Waals surface area contributed by atoms with Crippen molar-refractivity contribution in [3.63, 3.8) is 0 Å². The largest absolute Gasteiger partial charge is 0.378 e. The SMILES string of the molecule is CC(C)(CN)Nc1cccc2ccccc12. The molecule has 0 spiro atoms. The fourth-order valence-corrected chi connectivity index (χ4v) is 1.75. The molecule has 3 N–H and O–H groups in total. The van der Waals surface area contributed by atoms with Gasteiger partial charge in [-0.15, -0.1) is 0 Å². The third-order valence-electron chi connectivity index (χ3n) is 2.77. The minimum atomic E-state index is -0.0792. The third-order valence-corrected chi connectivity index (χ3v) is 2.77. The first-order valence-corrected chi connectivity index (χ1v) is 5.58. The van der Waals surface area contributed by atoms with Gasteiger partial charge in [0.2, 0.25) is 0 Å². The van der Waals surface area contributed by atoms with Crippen LogP contribution in [0.3, 0.4) is 0 Å². The van der Waals surface area contributed by atoms with Crippen molar-refractivity contribution in [2.75, 3.05) is 11.9 Å². The summed E-state index contributed by atoms with van der Waals surface area (Å²) in [6.07, 6.45) is 0. The molecule has 0 amide bonds. The third kappa shape index (κ3) is 2.17. The van der Waals surface area contributed by atoms with Crippen molar-refractivity contribution in [3.8, 4) is 0 Å². The first-order valence-electron chi connectivity index (χ1n) is 5.58. The molecule has 2 aromatic rings. The highest BCUT2D eigenvalue weighted by molar-refractivity contribution is 5.94. The summed E-state index contributed by atoms with van der Waals surface area (Å²) in [5.41, 5.74) is 6.80. The molecule has 16 heavy (non-hydrogen) atoms. The van der Waals surface area contributed by atoms with Gasteiger partial charge in [-0.3, -0.25) is 0 Å². The van der Waals surface area contributed by atoms with E-state index in [0.717, 1.165) is 5.69 Å². The van der Waals surface area contributed by atoms with E-state index in [9.17, 15) is 0 Å². The van der Waals surface area contributed by atoms with Crippen LogP contribution in [0.2, 0.25) is 0 Å². The molecule has 0 bridgehead atoms. The van der Waals surface area contributed by atoms with Gasteiger partial charge in [-0.25, -0.2) is 0 Å². The average molecular weight is 214 g/mol. The summed E-state index contributed by atoms with van der Waals surface area (Å²) < 4.78 is 0. The first kappa shape index (κ1) is 11.0. The molecule has 0 unspecified atom stereocenters. The van der Waals surface area contributed by atoms with Gasteiger partial charge in [0.25, 0.3) is 0 Å². The lowest BCUT2D eigenvalue weighted by atomic mass is 10.0. The summed E-state index contributed by atoms with van der Waals surface area (Å²) in [5.74, 6) is 0. The van der Waals surface area contributed by atoms with E-state index < -0.39 is 0 Å². The smallest absolute Gasteiger partial charge is 0.0439 e. The molecule has 84 valence electrons. The summed E-state index contributed by atoms with van der Waals surface area (Å²) in [6, 6.07) is 14.6. The highest BCUT2D eigenvalue weighted by Gasteiger charge is 2.15. The maximum atomic E-state index is 5.74. The van der Waals surface area contributed by atoms with Crippen molar-refractivity contribution in [1.82, 2.24) is 0 Å². The van der Waals surface area contributed by atoms with Crippen LogP contribution in [0.25, 0.3) is 10.8 Å². The van der Waals surface area contributed by atoms with Crippen LogP contribution in [-0.2, 0) is 0 Å². The summed E-state index contributed by atoms with van der Waals surface area (Å²) in [4.78, 5) is 0. The Bertz CT molecular complexity index is 484. The Morgan fingerprint density at radius 1 is 1.06 bits per heavy atom. The van der Waals surface area contributed by atoms with Crippen LogP contribution < -0.4 is 11.1 Å². The van der Waals surface area contributed by atoms with E-state index in [4.69, 9.17) is 5.73 Å². The molecule has 0 atom stereocenters. The number of fused-ring (bicyclic) bond motifs is 1. The highest BCUT2D eigenvalue weighted by atomic mass is 15.0. The van der Waals surface area contributed by atoms with Gasteiger partial charge in [0, 0.05) is 23.2 Å². The summed E-state index contributed by atoms with van der Waals surface area (Å²) in [7, 11) is 0. The molecule has 0 aliphatic carbocycles. The van der Waals surface area contributed by atoms with E-state index in [1.54, 1.807) is 0 Å². The van der Waals surface area contributed by atoms with Crippen LogP contribution in [0.1, 0.15) is 13.8 Å². The van der Waals surface area contributed by atoms with Gasteiger partial charge >= 0.3 is 0 Å². The molecule has 2 heteroatoms. The Morgan fingerprint density at radius 3 is 2.50 bits per heavy atom. The zero-order chi connectivity index (χ0) is 11.6. The fourth-order valence-electron chi connectivity index (χ4n) is 1.75. The standard InChI is InChI=1S/C14H18N2/c1-14(2,10-15)16-13-9-5-7-11-6-3-4-8-12(11)13/h3-9,16H,10,15H2,1-2H3. The second kappa shape index (κ2) is 4.14. The molecule has 2 nitrogen and oxygen atoms in total. The lowest BCUT2D eigenvalue weighted by Gasteiger charge is -2.26. The van der Waals surface area contributed by atoms with Crippen LogP contribution in [0.5, 0.6) is 0 Å². The van der Waals surface area contributed by atoms with Crippen molar-refractivity contribution < 1.29 is 0 Å². The molecule has 0 heterocycles. The molecule has 0 aromatic heterocycles. The Kier molecular flexibility index (Phi) is 2.84. The van der Waals surface area contributed by atoms with Gasteiger partial charge in [0.05, 0.1) is 0 Å². The van der Waals surface area contributed by atoms with Gasteiger partial charge in [-0.2, -0.15) is 0 Å². The molecule has 0 aliphatic heterocycles. The second-order valence-electron chi connectivity index (χ2n) is 4.74. The van der Waals surface area contributed by atoms with E-state index in [1.165, 1.54) is 10.8 Å². The van der Waals surface area contributed by atoms with E-state index in [2.05, 4.69) is 61.6 Å². The minimum absolute atomic E-state index is 0.0792. The number of nitrogens with two attached hydrogens (primary N) is 1. The monoisotopic (exact) mass is 214 g/mol. The molecular weight excluding hydrogens is 196 g/mol. The van der Waals surface area contributed by atoms with Crippen molar-refractivity contribution >= 4 is 16.5 Å². The summed E-state index contributed by atoms with van der Waals surface area (Å²) in [5, 5.41) is 5.98. The van der Waals surface area contributed by atoms with Crippen molar-refractivity contribution in [2.45, 2.75) is 19.4 Å². The summed E-state index contributed by atoms with van der Waals surface area (Å²) >= 11 is 0. The molecule has 0 radical (unpaired) electrons. The van der Waals surface area contributed by atoms with Crippen molar-refractivity contribution in [1.29, 1.82) is 0 Å². The molecule has 0 aliphatic rings. The molecule has 2 aromatic carbocycles. The fraction of sp³-hybridized carbons (Fsp3) is 0.286. The first-order chi connectivity index (χ1) is 7.62. The predicted octanol–water partition coefficient (Wildman–Crippen LogP) is 2.99. The van der Waals surface area contributed by atoms with Gasteiger partial charge < -0.3 is 11.1 Å². The quantitative estimate of drug-likeness (QED) is 0.824. The predicted molar refractivity (Wildman–Crippen MR) is 70.7 cm³/mol. The van der Waals surface area contributed by atoms with E-state index in [-0.39, 0.29) is 5.54 Å². The maximum Gasteiger partial charge on any atom is 0.0439 e. The number of nitrogens with one attached hydrogen (secondary N) is 1. The topological polar surface area (TPSA) is 38.0 Å². The van der Waals surface area contributed by atoms with Crippen molar-refractivity contribution in [2.24, 2.45) is 5.73 Å². The Morgan fingerprint density at radius 2 is 1.75 bits per heavy atom. The molecule has 0 saturated heterocycles. The van der Waals surface area contributed by atoms with Crippen molar-refractivity contribution in [3.05, 3.63) is 42.5 Å². The zero-order valence-corrected chi connectivity index (χ0v) is 9.83. The van der Waals surface area contributed by atoms with Crippen LogP contribution in [-0.4, -0.2) is 12.1 Å². The Labute approximate surface area is 96.5 Å². The van der Waals surface area contributed by atoms with Gasteiger partial charge in [0.15, 0.2) is 0 Å². The molecule has 0 fully saturated rings. The van der Waals surface area contributed by atoms with Crippen LogP contribution >= 0.6 is 0 Å². The number of rotatable bonds is 3. The van der Waals surface area contributed by atoms with Gasteiger partial charge in [-0.1, -0.05) is 36.4 Å². The normalized spacial score (nSPS) is 11.7. The van der Waals surface area contributed by atoms with Crippen LogP contribution in [0, 0.1) is 0 Å². The molecule has 2 rings (SSSR count). The highest BCUT2D eigenvalue weighted by Crippen LogP contribution is 2.25. The van der Waals surface area contributed by atoms with Gasteiger partial charge in [0.1, 0.15) is 0 Å². The summed E-state index contributed by atoms with van der Waals surface area (Å²) in [6.45, 7) is 4.82. The number of hydrogen-bond acceptors (Lipinski definition) is 2. The lowest BCUT2D eigenvalue weighted by molar-refractivity contribution is 0.581. The maximum absolute atomic E-state index is 5.74. The van der Waals surface area contributed by atoms with E-state index in [1.807, 2.05) is 0 Å². The van der Waals surface area contributed by atoms with Crippen LogP contribution in [0.4, 0.5) is 5.69 Å². The minimum Gasteiger partial charge on any atom is -0.378 e. The zero-order valence-electron chi connectivity index (χ0n) is 9.83. The Hall–Kier alpha value is -1.54. The molecule has 0 saturated carbocycles. The van der Waals surface area contributed by atoms with Gasteiger partial charge in [-0.05, 0) is 25.3 Å².